The van der Waals surface area contributed by atoms with E-state index in [1.54, 1.807) is 0 Å². The summed E-state index contributed by atoms with van der Waals surface area (Å²) in [5, 5.41) is 10.0. The molecule has 0 aliphatic carbocycles. The number of ether oxygens (including phenoxy) is 1. The molecule has 3 nitrogen and oxygen atoms in total. The number of cyclic esters (lactones) is 1. The fourth-order valence-electron chi connectivity index (χ4n) is 3.91. The molecule has 1 saturated heterocycles. The van der Waals surface area contributed by atoms with Gasteiger partial charge in [-0.15, -0.1) is 11.8 Å². The van der Waals surface area contributed by atoms with Gasteiger partial charge in [-0.3, -0.25) is 4.79 Å². The summed E-state index contributed by atoms with van der Waals surface area (Å²) < 4.78 is 5.12. The lowest BCUT2D eigenvalue weighted by atomic mass is 9.99. The highest BCUT2D eigenvalue weighted by atomic mass is 32.2. The van der Waals surface area contributed by atoms with Crippen molar-refractivity contribution < 1.29 is 14.6 Å². The van der Waals surface area contributed by atoms with Crippen LogP contribution in [0, 0.1) is 0 Å². The summed E-state index contributed by atoms with van der Waals surface area (Å²) in [6, 6.07) is 0. The molecule has 1 aliphatic rings. The van der Waals surface area contributed by atoms with E-state index in [-0.39, 0.29) is 23.4 Å². The summed E-state index contributed by atoms with van der Waals surface area (Å²) in [5.41, 5.74) is 0. The molecule has 1 N–H and O–H groups in total. The van der Waals surface area contributed by atoms with Gasteiger partial charge in [0.15, 0.2) is 0 Å². The van der Waals surface area contributed by atoms with Crippen LogP contribution >= 0.6 is 11.8 Å². The first-order valence-corrected chi connectivity index (χ1v) is 12.9. The van der Waals surface area contributed by atoms with E-state index in [1.807, 2.05) is 6.26 Å². The Bertz CT molecular complexity index is 362. The van der Waals surface area contributed by atoms with Crippen molar-refractivity contribution in [3.05, 3.63) is 0 Å². The Hall–Kier alpha value is -0.220. The molecule has 4 heteroatoms. The highest BCUT2D eigenvalue weighted by Crippen LogP contribution is 2.29. The third-order valence-electron chi connectivity index (χ3n) is 5.74. The summed E-state index contributed by atoms with van der Waals surface area (Å²) in [5.74, 6) is -0.119. The molecule has 160 valence electrons. The first-order chi connectivity index (χ1) is 13.2. The van der Waals surface area contributed by atoms with E-state index in [0.29, 0.717) is 6.42 Å². The van der Waals surface area contributed by atoms with Crippen LogP contribution in [0.5, 0.6) is 0 Å². The van der Waals surface area contributed by atoms with Gasteiger partial charge in [-0.1, -0.05) is 103 Å². The fourth-order valence-corrected chi connectivity index (χ4v) is 4.63. The number of rotatable bonds is 19. The molecule has 0 saturated carbocycles. The molecule has 0 spiro atoms. The Labute approximate surface area is 172 Å². The van der Waals surface area contributed by atoms with Crippen molar-refractivity contribution in [3.8, 4) is 0 Å². The standard InChI is InChI=1S/C23H44O3S/c1-3-4-5-6-7-8-9-10-11-12-13-14-15-16-17-18-20(24)19-21-22(27-2)23(25)26-21/h20-22,24H,3-19H2,1-2H3/t20-,21+,22+/m0/s1. The van der Waals surface area contributed by atoms with E-state index in [0.717, 1.165) is 12.8 Å². The van der Waals surface area contributed by atoms with Gasteiger partial charge in [-0.2, -0.15) is 0 Å². The zero-order valence-electron chi connectivity index (χ0n) is 17.9. The van der Waals surface area contributed by atoms with Crippen LogP contribution in [0.15, 0.2) is 0 Å². The van der Waals surface area contributed by atoms with Crippen molar-refractivity contribution in [2.45, 2.75) is 134 Å². The summed E-state index contributed by atoms with van der Waals surface area (Å²) in [4.78, 5) is 11.2. The van der Waals surface area contributed by atoms with Crippen LogP contribution in [0.4, 0.5) is 0 Å². The first kappa shape index (κ1) is 24.8. The third-order valence-corrected chi connectivity index (χ3v) is 6.74. The van der Waals surface area contributed by atoms with Crippen LogP contribution in [0.2, 0.25) is 0 Å². The molecule has 0 aromatic rings. The monoisotopic (exact) mass is 400 g/mol. The molecule has 1 aliphatic heterocycles. The maximum atomic E-state index is 11.2. The smallest absolute Gasteiger partial charge is 0.323 e. The predicted molar refractivity (Wildman–Crippen MR) is 117 cm³/mol. The van der Waals surface area contributed by atoms with E-state index in [9.17, 15) is 9.90 Å². The lowest BCUT2D eigenvalue weighted by Gasteiger charge is -2.35. The normalized spacial score (nSPS) is 20.3. The molecule has 0 radical (unpaired) electrons. The second-order valence-electron chi connectivity index (χ2n) is 8.26. The zero-order chi connectivity index (χ0) is 19.7. The van der Waals surface area contributed by atoms with Gasteiger partial charge in [-0.25, -0.2) is 0 Å². The van der Waals surface area contributed by atoms with Crippen LogP contribution in [0.25, 0.3) is 0 Å². The largest absolute Gasteiger partial charge is 0.460 e. The molecule has 0 amide bonds. The molecule has 27 heavy (non-hydrogen) atoms. The third kappa shape index (κ3) is 12.1. The number of aliphatic hydroxyl groups is 1. The Morgan fingerprint density at radius 1 is 0.852 bits per heavy atom. The number of hydrogen-bond donors (Lipinski definition) is 1. The van der Waals surface area contributed by atoms with E-state index in [2.05, 4.69) is 6.92 Å². The molecule has 1 heterocycles. The second-order valence-corrected chi connectivity index (χ2v) is 9.24. The number of hydrogen-bond acceptors (Lipinski definition) is 4. The van der Waals surface area contributed by atoms with Crippen LogP contribution in [0.1, 0.15) is 116 Å². The highest BCUT2D eigenvalue weighted by molar-refractivity contribution is 8.00. The van der Waals surface area contributed by atoms with E-state index >= 15 is 0 Å². The lowest BCUT2D eigenvalue weighted by molar-refractivity contribution is -0.169. The minimum absolute atomic E-state index is 0.0549. The van der Waals surface area contributed by atoms with E-state index < -0.39 is 0 Å². The van der Waals surface area contributed by atoms with Crippen molar-refractivity contribution >= 4 is 17.7 Å². The Morgan fingerprint density at radius 3 is 1.70 bits per heavy atom. The maximum Gasteiger partial charge on any atom is 0.323 e. The predicted octanol–water partition coefficient (Wildman–Crippen LogP) is 6.66. The van der Waals surface area contributed by atoms with Crippen molar-refractivity contribution in [1.29, 1.82) is 0 Å². The van der Waals surface area contributed by atoms with Gasteiger partial charge in [-0.05, 0) is 12.7 Å². The van der Waals surface area contributed by atoms with Gasteiger partial charge in [0, 0.05) is 6.42 Å². The summed E-state index contributed by atoms with van der Waals surface area (Å²) in [7, 11) is 0. The number of unbranched alkanes of at least 4 members (excludes halogenated alkanes) is 14. The van der Waals surface area contributed by atoms with Crippen molar-refractivity contribution in [3.63, 3.8) is 0 Å². The summed E-state index contributed by atoms with van der Waals surface area (Å²) in [6.45, 7) is 2.28. The van der Waals surface area contributed by atoms with Crippen molar-refractivity contribution in [2.24, 2.45) is 0 Å². The second kappa shape index (κ2) is 16.7. The lowest BCUT2D eigenvalue weighted by Crippen LogP contribution is -2.49. The van der Waals surface area contributed by atoms with Gasteiger partial charge in [0.05, 0.1) is 6.10 Å². The molecule has 1 rings (SSSR count). The van der Waals surface area contributed by atoms with E-state index in [1.165, 1.54) is 102 Å². The maximum absolute atomic E-state index is 11.2. The molecule has 1 fully saturated rings. The van der Waals surface area contributed by atoms with Gasteiger partial charge in [0.1, 0.15) is 11.4 Å². The van der Waals surface area contributed by atoms with Crippen LogP contribution in [-0.2, 0) is 9.53 Å². The average Bonchev–Trinajstić information content (AvgIpc) is 2.64. The zero-order valence-corrected chi connectivity index (χ0v) is 18.7. The minimum Gasteiger partial charge on any atom is -0.460 e. The SMILES string of the molecule is CCCCCCCCCCCCCCCCC[C@H](O)C[C@H]1OC(=O)[C@@H]1SC. The number of thioether (sulfide) groups is 1. The first-order valence-electron chi connectivity index (χ1n) is 11.6. The van der Waals surface area contributed by atoms with Gasteiger partial charge < -0.3 is 9.84 Å². The minimum atomic E-state index is -0.320. The molecule has 0 aromatic heterocycles. The Kier molecular flexibility index (Phi) is 15.4. The average molecular weight is 401 g/mol. The van der Waals surface area contributed by atoms with Gasteiger partial charge >= 0.3 is 5.97 Å². The molecule has 0 aromatic carbocycles. The van der Waals surface area contributed by atoms with Crippen LogP contribution in [-0.4, -0.2) is 34.8 Å². The molecular weight excluding hydrogens is 356 g/mol. The molecule has 3 atom stereocenters. The van der Waals surface area contributed by atoms with Gasteiger partial charge in [0.2, 0.25) is 0 Å². The fraction of sp³-hybridized carbons (Fsp3) is 0.957. The Morgan fingerprint density at radius 2 is 1.30 bits per heavy atom. The number of esters is 1. The number of carbonyl (C=O) groups is 1. The summed E-state index contributed by atoms with van der Waals surface area (Å²) >= 11 is 1.53. The topological polar surface area (TPSA) is 46.5 Å². The quantitative estimate of drug-likeness (QED) is 0.195. The van der Waals surface area contributed by atoms with Crippen LogP contribution < -0.4 is 0 Å². The molecular formula is C23H44O3S. The number of carbonyl (C=O) groups excluding carboxylic acids is 1. The molecule has 0 unspecified atom stereocenters. The van der Waals surface area contributed by atoms with Gasteiger partial charge in [0.25, 0.3) is 0 Å². The number of aliphatic hydroxyl groups excluding tert-OH is 1. The van der Waals surface area contributed by atoms with Crippen molar-refractivity contribution in [2.75, 3.05) is 6.26 Å². The van der Waals surface area contributed by atoms with Crippen LogP contribution in [0.3, 0.4) is 0 Å². The van der Waals surface area contributed by atoms with Crippen molar-refractivity contribution in [1.82, 2.24) is 0 Å². The van der Waals surface area contributed by atoms with E-state index in [4.69, 9.17) is 4.74 Å². The highest BCUT2D eigenvalue weighted by Gasteiger charge is 2.42. The summed E-state index contributed by atoms with van der Waals surface area (Å²) in [6.07, 6.45) is 23.4. The Balaban J connectivity index is 1.77. The molecule has 0 bridgehead atoms.